The number of ether oxygens (including phenoxy) is 2. The van der Waals surface area contributed by atoms with Crippen LogP contribution in [0.1, 0.15) is 39.8 Å². The summed E-state index contributed by atoms with van der Waals surface area (Å²) >= 11 is 6.53. The molecule has 0 amide bonds. The van der Waals surface area contributed by atoms with Crippen molar-refractivity contribution in [3.05, 3.63) is 63.4 Å². The highest BCUT2D eigenvalue weighted by Crippen LogP contribution is 2.48. The van der Waals surface area contributed by atoms with E-state index in [2.05, 4.69) is 10.1 Å². The Bertz CT molecular complexity index is 1220. The summed E-state index contributed by atoms with van der Waals surface area (Å²) in [4.78, 5) is 36.6. The van der Waals surface area contributed by atoms with Gasteiger partial charge in [0.2, 0.25) is 0 Å². The number of nitrogens with one attached hydrogen (secondary N) is 2. The van der Waals surface area contributed by atoms with Crippen LogP contribution in [0.5, 0.6) is 5.75 Å². The second-order valence-corrected chi connectivity index (χ2v) is 11.2. The molecule has 1 fully saturated rings. The van der Waals surface area contributed by atoms with E-state index >= 15 is 0 Å². The van der Waals surface area contributed by atoms with Crippen molar-refractivity contribution in [1.82, 2.24) is 14.6 Å². The Labute approximate surface area is 218 Å². The lowest BCUT2D eigenvalue weighted by molar-refractivity contribution is -0.145. The molecule has 204 valence electrons. The van der Waals surface area contributed by atoms with Crippen LogP contribution < -0.4 is 20.9 Å². The highest BCUT2D eigenvalue weighted by molar-refractivity contribution is 7.52. The molecule has 2 aromatic rings. The van der Waals surface area contributed by atoms with E-state index in [0.29, 0.717) is 6.42 Å². The number of benzene rings is 1. The lowest BCUT2D eigenvalue weighted by Crippen LogP contribution is -2.43. The van der Waals surface area contributed by atoms with E-state index in [0.717, 1.165) is 17.1 Å². The molecule has 1 aromatic heterocycles. The van der Waals surface area contributed by atoms with Gasteiger partial charge < -0.3 is 19.1 Å². The van der Waals surface area contributed by atoms with Crippen molar-refractivity contribution in [2.45, 2.75) is 63.0 Å². The van der Waals surface area contributed by atoms with Gasteiger partial charge in [-0.05, 0) is 32.4 Å². The molecule has 6 atom stereocenters. The van der Waals surface area contributed by atoms with Crippen LogP contribution >= 0.6 is 19.3 Å². The Morgan fingerprint density at radius 1 is 1.32 bits per heavy atom. The molecule has 3 N–H and O–H groups in total. The zero-order valence-corrected chi connectivity index (χ0v) is 22.3. The van der Waals surface area contributed by atoms with Crippen LogP contribution in [-0.4, -0.2) is 57.0 Å². The molecule has 0 saturated carbocycles. The predicted molar refractivity (Wildman–Crippen MR) is 135 cm³/mol. The van der Waals surface area contributed by atoms with Crippen LogP contribution in [0.3, 0.4) is 0 Å². The highest BCUT2D eigenvalue weighted by atomic mass is 35.5. The first-order chi connectivity index (χ1) is 17.5. The molecule has 12 nitrogen and oxygen atoms in total. The number of aromatic amines is 1. The van der Waals surface area contributed by atoms with E-state index in [1.54, 1.807) is 30.3 Å². The van der Waals surface area contributed by atoms with E-state index in [1.807, 2.05) is 6.92 Å². The van der Waals surface area contributed by atoms with Gasteiger partial charge in [-0.15, -0.1) is 11.6 Å². The summed E-state index contributed by atoms with van der Waals surface area (Å²) in [5, 5.41) is 13.4. The molecule has 1 saturated heterocycles. The van der Waals surface area contributed by atoms with Crippen molar-refractivity contribution in [3.63, 3.8) is 0 Å². The maximum Gasteiger partial charge on any atom is 0.459 e. The summed E-state index contributed by atoms with van der Waals surface area (Å²) < 4.78 is 36.8. The molecule has 37 heavy (non-hydrogen) atoms. The molecule has 3 rings (SSSR count). The molecule has 1 aliphatic heterocycles. The second kappa shape index (κ2) is 12.4. The Morgan fingerprint density at radius 2 is 2.03 bits per heavy atom. The number of halogens is 1. The molecule has 0 bridgehead atoms. The fourth-order valence-corrected chi connectivity index (χ4v) is 5.38. The van der Waals surface area contributed by atoms with Gasteiger partial charge in [0.05, 0.1) is 13.2 Å². The molecule has 14 heteroatoms. The Morgan fingerprint density at radius 3 is 2.68 bits per heavy atom. The minimum absolute atomic E-state index is 0.206. The number of hydrogen-bond donors (Lipinski definition) is 3. The van der Waals surface area contributed by atoms with Crippen molar-refractivity contribution in [2.75, 3.05) is 13.2 Å². The summed E-state index contributed by atoms with van der Waals surface area (Å²) in [7, 11) is -4.22. The number of alkyl halides is 1. The number of unbranched alkanes of at least 4 members (excludes halogenated alkanes) is 1. The van der Waals surface area contributed by atoms with Crippen LogP contribution in [0, 0.1) is 0 Å². The number of nitrogens with zero attached hydrogens (tertiary/aromatic N) is 1. The van der Waals surface area contributed by atoms with Gasteiger partial charge in [0.1, 0.15) is 28.9 Å². The fourth-order valence-electron chi connectivity index (χ4n) is 3.58. The van der Waals surface area contributed by atoms with Gasteiger partial charge in [0, 0.05) is 12.3 Å². The quantitative estimate of drug-likeness (QED) is 0.152. The van der Waals surface area contributed by atoms with Crippen molar-refractivity contribution in [2.24, 2.45) is 0 Å². The topological polar surface area (TPSA) is 158 Å². The van der Waals surface area contributed by atoms with Crippen molar-refractivity contribution < 1.29 is 33.0 Å². The van der Waals surface area contributed by atoms with Crippen LogP contribution in [0.25, 0.3) is 0 Å². The van der Waals surface area contributed by atoms with Gasteiger partial charge in [0.25, 0.3) is 5.56 Å². The largest absolute Gasteiger partial charge is 0.465 e. The molecule has 1 aliphatic rings. The third-order valence-electron chi connectivity index (χ3n) is 5.65. The number of aliphatic hydroxyl groups excluding tert-OH is 1. The van der Waals surface area contributed by atoms with Gasteiger partial charge in [-0.2, -0.15) is 5.09 Å². The summed E-state index contributed by atoms with van der Waals surface area (Å²) in [5.41, 5.74) is -1.39. The van der Waals surface area contributed by atoms with Gasteiger partial charge in [-0.25, -0.2) is 9.36 Å². The summed E-state index contributed by atoms with van der Waals surface area (Å²) in [6.07, 6.45) is -0.993. The van der Waals surface area contributed by atoms with Crippen molar-refractivity contribution in [1.29, 1.82) is 0 Å². The first-order valence-corrected chi connectivity index (χ1v) is 13.7. The summed E-state index contributed by atoms with van der Waals surface area (Å²) in [6.45, 7) is 4.59. The zero-order valence-electron chi connectivity index (χ0n) is 20.7. The molecule has 0 radical (unpaired) electrons. The van der Waals surface area contributed by atoms with Crippen molar-refractivity contribution in [3.8, 4) is 5.75 Å². The molecular formula is C23H31ClN3O9P. The van der Waals surface area contributed by atoms with Gasteiger partial charge in [-0.3, -0.25) is 23.7 Å². The number of carbonyl (C=O) groups is 1. The van der Waals surface area contributed by atoms with Crippen LogP contribution in [0.2, 0.25) is 0 Å². The SMILES string of the molecule is CCCCOC(=O)[C@@H](C)N[P@](=O)(OC[C@H]1O[C@@H](n2ccc(=O)[nH]c2=O)[C@](C)(Cl)[C@@H]1O)Oc1ccccc1. The average Bonchev–Trinajstić information content (AvgIpc) is 3.07. The normalized spacial score (nSPS) is 25.8. The van der Waals surface area contributed by atoms with E-state index in [9.17, 15) is 24.1 Å². The molecular weight excluding hydrogens is 529 g/mol. The Balaban J connectivity index is 1.77. The predicted octanol–water partition coefficient (Wildman–Crippen LogP) is 2.32. The van der Waals surface area contributed by atoms with Crippen LogP contribution in [-0.2, 0) is 23.4 Å². The zero-order chi connectivity index (χ0) is 27.2. The fraction of sp³-hybridized carbons (Fsp3) is 0.522. The maximum atomic E-state index is 13.7. The van der Waals surface area contributed by atoms with Gasteiger partial charge >= 0.3 is 19.4 Å². The van der Waals surface area contributed by atoms with Gasteiger partial charge in [-0.1, -0.05) is 31.5 Å². The molecule has 0 unspecified atom stereocenters. The number of carbonyl (C=O) groups excluding carboxylic acids is 1. The summed E-state index contributed by atoms with van der Waals surface area (Å²) in [6, 6.07) is 8.24. The standard InChI is InChI=1S/C23H31ClN3O9P/c1-4-5-13-33-20(30)15(2)26-37(32,36-16-9-7-6-8-10-16)34-14-17-19(29)23(3,24)21(35-17)27-12-11-18(28)25-22(27)31/h6-12,15,17,19,21,29H,4-5,13-14H2,1-3H3,(H,26,32)(H,25,28,31)/t15-,17-,19-,21-,23-,37+/m1/s1. The Hall–Kier alpha value is -2.47. The van der Waals surface area contributed by atoms with Crippen molar-refractivity contribution >= 4 is 25.3 Å². The number of hydrogen-bond acceptors (Lipinski definition) is 9. The smallest absolute Gasteiger partial charge is 0.459 e. The number of aliphatic hydroxyl groups is 1. The summed E-state index contributed by atoms with van der Waals surface area (Å²) in [5.74, 6) is -0.436. The van der Waals surface area contributed by atoms with E-state index in [4.69, 9.17) is 30.1 Å². The van der Waals surface area contributed by atoms with Gasteiger partial charge in [0.15, 0.2) is 6.23 Å². The number of esters is 1. The first kappa shape index (κ1) is 29.1. The third-order valence-corrected chi connectivity index (χ3v) is 7.70. The first-order valence-electron chi connectivity index (χ1n) is 11.7. The highest BCUT2D eigenvalue weighted by Gasteiger charge is 2.54. The lowest BCUT2D eigenvalue weighted by Gasteiger charge is -2.26. The lowest BCUT2D eigenvalue weighted by atomic mass is 10.0. The minimum atomic E-state index is -4.22. The maximum absolute atomic E-state index is 13.7. The number of H-pyrrole nitrogens is 1. The monoisotopic (exact) mass is 559 g/mol. The molecule has 2 heterocycles. The Kier molecular flexibility index (Phi) is 9.74. The number of aromatic nitrogens is 2. The average molecular weight is 560 g/mol. The van der Waals surface area contributed by atoms with E-state index < -0.39 is 60.9 Å². The minimum Gasteiger partial charge on any atom is -0.465 e. The van der Waals surface area contributed by atoms with Crippen LogP contribution in [0.15, 0.2) is 52.2 Å². The number of para-hydroxylation sites is 1. The third kappa shape index (κ3) is 7.31. The van der Waals surface area contributed by atoms with E-state index in [1.165, 1.54) is 20.0 Å². The number of rotatable bonds is 12. The second-order valence-electron chi connectivity index (χ2n) is 8.71. The molecule has 0 aliphatic carbocycles. The van der Waals surface area contributed by atoms with E-state index in [-0.39, 0.29) is 12.4 Å². The molecule has 0 spiro atoms. The van der Waals surface area contributed by atoms with Crippen LogP contribution in [0.4, 0.5) is 0 Å². The molecule has 1 aromatic carbocycles.